The van der Waals surface area contributed by atoms with Crippen molar-refractivity contribution in [3.8, 4) is 0 Å². The van der Waals surface area contributed by atoms with E-state index in [0.29, 0.717) is 6.54 Å². The Morgan fingerprint density at radius 2 is 1.75 bits per heavy atom. The van der Waals surface area contributed by atoms with E-state index in [1.807, 2.05) is 0 Å². The molecule has 1 aliphatic carbocycles. The molecule has 16 heavy (non-hydrogen) atoms. The van der Waals surface area contributed by atoms with Crippen LogP contribution in [0.25, 0.3) is 0 Å². The van der Waals surface area contributed by atoms with Crippen LogP contribution in [-0.2, 0) is 14.3 Å². The minimum Gasteiger partial charge on any atom is -0.362 e. The number of thiol groups is 1. The first-order valence-electron chi connectivity index (χ1n) is 5.69. The molecule has 0 N–H and O–H groups in total. The van der Waals surface area contributed by atoms with Gasteiger partial charge in [0.15, 0.2) is 0 Å². The van der Waals surface area contributed by atoms with E-state index < -0.39 is 0 Å². The van der Waals surface area contributed by atoms with Crippen LogP contribution in [0.15, 0.2) is 0 Å². The van der Waals surface area contributed by atoms with Gasteiger partial charge in [-0.15, -0.1) is 0 Å². The Hall–Kier alpha value is -0.550. The first kappa shape index (κ1) is 11.9. The Morgan fingerprint density at radius 3 is 2.25 bits per heavy atom. The number of hydrogen-bond donors (Lipinski definition) is 1. The number of imide groups is 1. The summed E-state index contributed by atoms with van der Waals surface area (Å²) in [5, 5.41) is 0. The predicted octanol–water partition coefficient (Wildman–Crippen LogP) is 0.862. The highest BCUT2D eigenvalue weighted by Gasteiger charge is 2.38. The summed E-state index contributed by atoms with van der Waals surface area (Å²) in [7, 11) is 0. The Bertz CT molecular complexity index is 284. The molecule has 2 rings (SSSR count). The Balaban J connectivity index is 2.06. The molecular formula is C11H17NO3S. The lowest BCUT2D eigenvalue weighted by molar-refractivity contribution is -0.160. The zero-order valence-corrected chi connectivity index (χ0v) is 10.2. The molecule has 5 heteroatoms. The summed E-state index contributed by atoms with van der Waals surface area (Å²) in [6, 6.07) is 0. The minimum absolute atomic E-state index is 0.0361. The maximum absolute atomic E-state index is 11.6. The van der Waals surface area contributed by atoms with E-state index in [9.17, 15) is 9.59 Å². The summed E-state index contributed by atoms with van der Waals surface area (Å²) in [6.45, 7) is 0.598. The second-order valence-corrected chi connectivity index (χ2v) is 5.05. The standard InChI is InChI=1S/C11H17NO3S/c13-9-5-15-6-10(14)12(9)7-11(8-16)3-1-2-4-11/h16H,1-8H2. The highest BCUT2D eigenvalue weighted by atomic mass is 32.1. The zero-order valence-electron chi connectivity index (χ0n) is 9.28. The summed E-state index contributed by atoms with van der Waals surface area (Å²) in [6.07, 6.45) is 4.48. The predicted molar refractivity (Wildman–Crippen MR) is 62.3 cm³/mol. The van der Waals surface area contributed by atoms with Crippen molar-refractivity contribution < 1.29 is 14.3 Å². The average molecular weight is 243 g/mol. The molecule has 1 saturated carbocycles. The second-order valence-electron chi connectivity index (χ2n) is 4.73. The molecule has 4 nitrogen and oxygen atoms in total. The lowest BCUT2D eigenvalue weighted by Crippen LogP contribution is -2.50. The molecule has 0 aromatic heterocycles. The average Bonchev–Trinajstić information content (AvgIpc) is 2.73. The Labute approximate surface area is 101 Å². The van der Waals surface area contributed by atoms with Gasteiger partial charge >= 0.3 is 0 Å². The van der Waals surface area contributed by atoms with Crippen molar-refractivity contribution in [1.82, 2.24) is 4.90 Å². The smallest absolute Gasteiger partial charge is 0.255 e. The fourth-order valence-electron chi connectivity index (χ4n) is 2.52. The molecule has 1 heterocycles. The maximum Gasteiger partial charge on any atom is 0.255 e. The van der Waals surface area contributed by atoms with Gasteiger partial charge in [-0.3, -0.25) is 14.5 Å². The van der Waals surface area contributed by atoms with Gasteiger partial charge in [0.1, 0.15) is 13.2 Å². The second kappa shape index (κ2) is 4.75. The molecule has 0 aromatic carbocycles. The van der Waals surface area contributed by atoms with Crippen LogP contribution in [0.5, 0.6) is 0 Å². The number of hydrogen-bond acceptors (Lipinski definition) is 4. The van der Waals surface area contributed by atoms with Crippen molar-refractivity contribution in [3.05, 3.63) is 0 Å². The van der Waals surface area contributed by atoms with Gasteiger partial charge in [-0.2, -0.15) is 12.6 Å². The number of ether oxygens (including phenoxy) is 1. The lowest BCUT2D eigenvalue weighted by Gasteiger charge is -2.34. The highest BCUT2D eigenvalue weighted by Crippen LogP contribution is 2.39. The lowest BCUT2D eigenvalue weighted by atomic mass is 9.87. The summed E-state index contributed by atoms with van der Waals surface area (Å²) in [4.78, 5) is 24.6. The number of carbonyl (C=O) groups excluding carboxylic acids is 2. The van der Waals surface area contributed by atoms with Crippen LogP contribution in [0.1, 0.15) is 25.7 Å². The molecule has 2 amide bonds. The largest absolute Gasteiger partial charge is 0.362 e. The van der Waals surface area contributed by atoms with Crippen molar-refractivity contribution in [2.75, 3.05) is 25.5 Å². The van der Waals surface area contributed by atoms with E-state index in [1.54, 1.807) is 0 Å². The van der Waals surface area contributed by atoms with Crippen LogP contribution in [-0.4, -0.2) is 42.2 Å². The van der Waals surface area contributed by atoms with Crippen molar-refractivity contribution in [2.45, 2.75) is 25.7 Å². The van der Waals surface area contributed by atoms with Crippen LogP contribution in [0.3, 0.4) is 0 Å². The number of carbonyl (C=O) groups is 2. The maximum atomic E-state index is 11.6. The summed E-state index contributed by atoms with van der Waals surface area (Å²) in [5.74, 6) is 0.332. The van der Waals surface area contributed by atoms with Gasteiger partial charge in [0.25, 0.3) is 11.8 Å². The van der Waals surface area contributed by atoms with Gasteiger partial charge in [0, 0.05) is 6.54 Å². The molecule has 0 bridgehead atoms. The van der Waals surface area contributed by atoms with Gasteiger partial charge in [-0.1, -0.05) is 12.8 Å². The van der Waals surface area contributed by atoms with Crippen LogP contribution in [0.2, 0.25) is 0 Å². The van der Waals surface area contributed by atoms with E-state index in [2.05, 4.69) is 12.6 Å². The fourth-order valence-corrected chi connectivity index (χ4v) is 2.94. The molecule has 2 aliphatic rings. The van der Waals surface area contributed by atoms with Gasteiger partial charge in [-0.25, -0.2) is 0 Å². The molecule has 0 aromatic rings. The summed E-state index contributed by atoms with van der Waals surface area (Å²) in [5.41, 5.74) is 0.0474. The molecule has 1 aliphatic heterocycles. The molecule has 0 unspecified atom stereocenters. The summed E-state index contributed by atoms with van der Waals surface area (Å²) >= 11 is 4.38. The minimum atomic E-state index is -0.204. The van der Waals surface area contributed by atoms with Crippen LogP contribution in [0, 0.1) is 5.41 Å². The third-order valence-electron chi connectivity index (χ3n) is 3.55. The highest BCUT2D eigenvalue weighted by molar-refractivity contribution is 7.80. The molecule has 90 valence electrons. The number of morpholine rings is 1. The number of nitrogens with zero attached hydrogens (tertiary/aromatic N) is 1. The molecule has 1 saturated heterocycles. The van der Waals surface area contributed by atoms with Gasteiger partial charge in [0.2, 0.25) is 0 Å². The van der Waals surface area contributed by atoms with Crippen LogP contribution in [0.4, 0.5) is 0 Å². The van der Waals surface area contributed by atoms with Gasteiger partial charge < -0.3 is 4.74 Å². The zero-order chi connectivity index (χ0) is 11.6. The van der Waals surface area contributed by atoms with E-state index in [-0.39, 0.29) is 30.4 Å². The number of amides is 2. The van der Waals surface area contributed by atoms with Crippen molar-refractivity contribution >= 4 is 24.4 Å². The molecule has 0 radical (unpaired) electrons. The monoisotopic (exact) mass is 243 g/mol. The Kier molecular flexibility index (Phi) is 3.54. The van der Waals surface area contributed by atoms with Crippen LogP contribution < -0.4 is 0 Å². The van der Waals surface area contributed by atoms with Crippen molar-refractivity contribution in [2.24, 2.45) is 5.41 Å². The number of rotatable bonds is 3. The third-order valence-corrected chi connectivity index (χ3v) is 4.22. The summed E-state index contributed by atoms with van der Waals surface area (Å²) < 4.78 is 4.90. The van der Waals surface area contributed by atoms with Crippen LogP contribution >= 0.6 is 12.6 Å². The van der Waals surface area contributed by atoms with E-state index in [0.717, 1.165) is 18.6 Å². The molecule has 0 spiro atoms. The Morgan fingerprint density at radius 1 is 1.19 bits per heavy atom. The topological polar surface area (TPSA) is 46.6 Å². The molecule has 0 atom stereocenters. The van der Waals surface area contributed by atoms with Crippen molar-refractivity contribution in [3.63, 3.8) is 0 Å². The third kappa shape index (κ3) is 2.25. The fraction of sp³-hybridized carbons (Fsp3) is 0.818. The first-order valence-corrected chi connectivity index (χ1v) is 6.32. The van der Waals surface area contributed by atoms with E-state index >= 15 is 0 Å². The first-order chi connectivity index (χ1) is 7.67. The normalized spacial score (nSPS) is 25.2. The SMILES string of the molecule is O=C1COCC(=O)N1CC1(CS)CCCC1. The quantitative estimate of drug-likeness (QED) is 0.591. The van der Waals surface area contributed by atoms with Crippen molar-refractivity contribution in [1.29, 1.82) is 0 Å². The van der Waals surface area contributed by atoms with Gasteiger partial charge in [0.05, 0.1) is 0 Å². The van der Waals surface area contributed by atoms with Gasteiger partial charge in [-0.05, 0) is 24.0 Å². The van der Waals surface area contributed by atoms with E-state index in [4.69, 9.17) is 4.74 Å². The van der Waals surface area contributed by atoms with E-state index in [1.165, 1.54) is 17.7 Å². The molecule has 2 fully saturated rings. The molecular weight excluding hydrogens is 226 g/mol.